The average Bonchev–Trinajstić information content (AvgIpc) is 3.32. The molecular weight excluding hydrogens is 460 g/mol. The molecule has 2 heterocycles. The average molecular weight is 487 g/mol. The zero-order valence-corrected chi connectivity index (χ0v) is 19.8. The third kappa shape index (κ3) is 5.05. The Morgan fingerprint density at radius 1 is 1.03 bits per heavy atom. The largest absolute Gasteiger partial charge is 0.486 e. The second-order valence-electron chi connectivity index (χ2n) is 7.60. The van der Waals surface area contributed by atoms with Crippen LogP contribution < -0.4 is 14.8 Å². The molecular formula is C23H26N4O6S. The molecule has 0 radical (unpaired) electrons. The van der Waals surface area contributed by atoms with Gasteiger partial charge < -0.3 is 13.9 Å². The van der Waals surface area contributed by atoms with Crippen LogP contribution in [0, 0.1) is 0 Å². The second-order valence-corrected chi connectivity index (χ2v) is 9.54. The summed E-state index contributed by atoms with van der Waals surface area (Å²) >= 11 is 0. The summed E-state index contributed by atoms with van der Waals surface area (Å²) in [6.45, 7) is 5.60. The lowest BCUT2D eigenvalue weighted by molar-refractivity contribution is 0.102. The summed E-state index contributed by atoms with van der Waals surface area (Å²) in [4.78, 5) is 12.7. The van der Waals surface area contributed by atoms with Crippen LogP contribution in [0.4, 0.5) is 6.01 Å². The van der Waals surface area contributed by atoms with Crippen LogP contribution in [0.25, 0.3) is 11.5 Å². The normalized spacial score (nSPS) is 13.1. The minimum absolute atomic E-state index is 0.0803. The number of rotatable bonds is 9. The number of hydrogen-bond donors (Lipinski definition) is 1. The number of aromatic nitrogens is 2. The van der Waals surface area contributed by atoms with Crippen molar-refractivity contribution < 1.29 is 27.1 Å². The SMILES string of the molecule is CCCCN(CC)S(=O)(=O)c1ccc(C(=O)Nc2nnc(-c3ccc4c(c3)OCCO4)o2)cc1. The molecule has 0 fully saturated rings. The molecule has 0 aliphatic carbocycles. The van der Waals surface area contributed by atoms with Crippen molar-refractivity contribution in [1.82, 2.24) is 14.5 Å². The van der Waals surface area contributed by atoms with Crippen molar-refractivity contribution in [3.05, 3.63) is 48.0 Å². The first-order chi connectivity index (χ1) is 16.4. The van der Waals surface area contributed by atoms with Gasteiger partial charge in [0.05, 0.1) is 4.90 Å². The molecule has 0 saturated carbocycles. The minimum Gasteiger partial charge on any atom is -0.486 e. The Morgan fingerprint density at radius 3 is 2.47 bits per heavy atom. The summed E-state index contributed by atoms with van der Waals surface area (Å²) in [6, 6.07) is 10.9. The number of benzene rings is 2. The molecule has 1 aliphatic rings. The van der Waals surface area contributed by atoms with Gasteiger partial charge in [-0.2, -0.15) is 4.31 Å². The summed E-state index contributed by atoms with van der Waals surface area (Å²) < 4.78 is 43.7. The number of ether oxygens (including phenoxy) is 2. The number of hydrogen-bond acceptors (Lipinski definition) is 8. The standard InChI is InChI=1S/C23H26N4O6S/c1-3-5-12-27(4-2)34(29,30)18-9-6-16(7-10-18)21(28)24-23-26-25-22(33-23)17-8-11-19-20(15-17)32-14-13-31-19/h6-11,15H,3-5,12-14H2,1-2H3,(H,24,26,28). The molecule has 180 valence electrons. The van der Waals surface area contributed by atoms with Gasteiger partial charge in [-0.1, -0.05) is 25.4 Å². The third-order valence-electron chi connectivity index (χ3n) is 5.30. The predicted octanol–water partition coefficient (Wildman–Crippen LogP) is 3.57. The Balaban J connectivity index is 1.44. The first-order valence-corrected chi connectivity index (χ1v) is 12.5. The van der Waals surface area contributed by atoms with Crippen LogP contribution in [0.1, 0.15) is 37.0 Å². The number of anilines is 1. The van der Waals surface area contributed by atoms with E-state index >= 15 is 0 Å². The van der Waals surface area contributed by atoms with E-state index in [1.807, 2.05) is 6.92 Å². The number of amides is 1. The minimum atomic E-state index is -3.62. The van der Waals surface area contributed by atoms with Gasteiger partial charge in [-0.15, -0.1) is 5.10 Å². The summed E-state index contributed by atoms with van der Waals surface area (Å²) in [5.41, 5.74) is 0.880. The van der Waals surface area contributed by atoms with Crippen molar-refractivity contribution in [2.24, 2.45) is 0 Å². The monoisotopic (exact) mass is 486 g/mol. The molecule has 1 N–H and O–H groups in total. The Morgan fingerprint density at radius 2 is 1.76 bits per heavy atom. The van der Waals surface area contributed by atoms with E-state index in [0.717, 1.165) is 12.8 Å². The van der Waals surface area contributed by atoms with Crippen molar-refractivity contribution in [2.75, 3.05) is 31.6 Å². The molecule has 1 aliphatic heterocycles. The molecule has 10 nitrogen and oxygen atoms in total. The Bertz CT molecular complexity index is 1260. The number of nitrogens with zero attached hydrogens (tertiary/aromatic N) is 3. The summed E-state index contributed by atoms with van der Waals surface area (Å²) in [6.07, 6.45) is 1.68. The molecule has 0 unspecified atom stereocenters. The van der Waals surface area contributed by atoms with Gasteiger partial charge in [0.1, 0.15) is 13.2 Å². The number of sulfonamides is 1. The second kappa shape index (κ2) is 10.2. The van der Waals surface area contributed by atoms with Gasteiger partial charge >= 0.3 is 6.01 Å². The molecule has 0 atom stereocenters. The maximum Gasteiger partial charge on any atom is 0.322 e. The van der Waals surface area contributed by atoms with Crippen molar-refractivity contribution in [3.63, 3.8) is 0 Å². The van der Waals surface area contributed by atoms with Gasteiger partial charge in [-0.05, 0) is 48.9 Å². The van der Waals surface area contributed by atoms with Gasteiger partial charge in [-0.25, -0.2) is 8.42 Å². The highest BCUT2D eigenvalue weighted by atomic mass is 32.2. The fraction of sp³-hybridized carbons (Fsp3) is 0.348. The van der Waals surface area contributed by atoms with E-state index in [1.165, 1.54) is 28.6 Å². The van der Waals surface area contributed by atoms with Crippen LogP contribution in [-0.4, -0.2) is 55.1 Å². The van der Waals surface area contributed by atoms with Crippen LogP contribution in [-0.2, 0) is 10.0 Å². The fourth-order valence-corrected chi connectivity index (χ4v) is 4.93. The molecule has 2 aromatic carbocycles. The highest BCUT2D eigenvalue weighted by molar-refractivity contribution is 7.89. The molecule has 0 saturated heterocycles. The molecule has 11 heteroatoms. The summed E-state index contributed by atoms with van der Waals surface area (Å²) in [5, 5.41) is 10.4. The van der Waals surface area contributed by atoms with Crippen LogP contribution in [0.2, 0.25) is 0 Å². The Labute approximate surface area is 197 Å². The quantitative estimate of drug-likeness (QED) is 0.487. The lowest BCUT2D eigenvalue weighted by Gasteiger charge is -2.20. The zero-order valence-electron chi connectivity index (χ0n) is 19.0. The van der Waals surface area contributed by atoms with E-state index in [9.17, 15) is 13.2 Å². The molecule has 34 heavy (non-hydrogen) atoms. The number of fused-ring (bicyclic) bond motifs is 1. The summed E-state index contributed by atoms with van der Waals surface area (Å²) in [5.74, 6) is 0.930. The highest BCUT2D eigenvalue weighted by Gasteiger charge is 2.23. The molecule has 4 rings (SSSR count). The van der Waals surface area contributed by atoms with E-state index in [0.29, 0.717) is 43.4 Å². The molecule has 1 amide bonds. The molecule has 0 bridgehead atoms. The van der Waals surface area contributed by atoms with Gasteiger partial charge in [0.2, 0.25) is 15.9 Å². The maximum atomic E-state index is 12.8. The number of carbonyl (C=O) groups excluding carboxylic acids is 1. The topological polar surface area (TPSA) is 124 Å². The van der Waals surface area contributed by atoms with Crippen molar-refractivity contribution >= 4 is 21.9 Å². The zero-order chi connectivity index (χ0) is 24.1. The van der Waals surface area contributed by atoms with Gasteiger partial charge in [0, 0.05) is 24.2 Å². The number of unbranched alkanes of at least 4 members (excludes halogenated alkanes) is 1. The molecule has 3 aromatic rings. The van der Waals surface area contributed by atoms with Crippen LogP contribution in [0.5, 0.6) is 11.5 Å². The Kier molecular flexibility index (Phi) is 7.13. The third-order valence-corrected chi connectivity index (χ3v) is 7.29. The first kappa shape index (κ1) is 23.7. The van der Waals surface area contributed by atoms with E-state index in [2.05, 4.69) is 15.5 Å². The van der Waals surface area contributed by atoms with Crippen molar-refractivity contribution in [1.29, 1.82) is 0 Å². The lowest BCUT2D eigenvalue weighted by Crippen LogP contribution is -2.31. The van der Waals surface area contributed by atoms with Crippen LogP contribution in [0.3, 0.4) is 0 Å². The Hall–Kier alpha value is -3.44. The fourth-order valence-electron chi connectivity index (χ4n) is 3.45. The number of carbonyl (C=O) groups is 1. The number of nitrogens with one attached hydrogen (secondary N) is 1. The molecule has 1 aromatic heterocycles. The van der Waals surface area contributed by atoms with E-state index in [-0.39, 0.29) is 22.4 Å². The summed E-state index contributed by atoms with van der Waals surface area (Å²) in [7, 11) is -3.62. The van der Waals surface area contributed by atoms with Gasteiger partial charge in [-0.3, -0.25) is 10.1 Å². The smallest absolute Gasteiger partial charge is 0.322 e. The van der Waals surface area contributed by atoms with Gasteiger partial charge in [0.15, 0.2) is 11.5 Å². The van der Waals surface area contributed by atoms with E-state index in [4.69, 9.17) is 13.9 Å². The van der Waals surface area contributed by atoms with E-state index in [1.54, 1.807) is 25.1 Å². The van der Waals surface area contributed by atoms with Crippen molar-refractivity contribution in [3.8, 4) is 23.0 Å². The molecule has 0 spiro atoms. The van der Waals surface area contributed by atoms with E-state index < -0.39 is 15.9 Å². The first-order valence-electron chi connectivity index (χ1n) is 11.1. The van der Waals surface area contributed by atoms with Gasteiger partial charge in [0.25, 0.3) is 5.91 Å². The van der Waals surface area contributed by atoms with Crippen molar-refractivity contribution in [2.45, 2.75) is 31.6 Å². The lowest BCUT2D eigenvalue weighted by atomic mass is 10.2. The predicted molar refractivity (Wildman–Crippen MR) is 124 cm³/mol. The van der Waals surface area contributed by atoms with Crippen LogP contribution >= 0.6 is 0 Å². The highest BCUT2D eigenvalue weighted by Crippen LogP contribution is 2.34. The maximum absolute atomic E-state index is 12.8. The van der Waals surface area contributed by atoms with Crippen LogP contribution in [0.15, 0.2) is 51.8 Å².